The zero-order valence-corrected chi connectivity index (χ0v) is 13.9. The van der Waals surface area contributed by atoms with Crippen LogP contribution in [0.2, 0.25) is 0 Å². The van der Waals surface area contributed by atoms with Crippen LogP contribution in [0.4, 0.5) is 5.69 Å². The van der Waals surface area contributed by atoms with Crippen molar-refractivity contribution in [1.29, 1.82) is 0 Å². The molecule has 0 heterocycles. The van der Waals surface area contributed by atoms with Crippen molar-refractivity contribution in [3.05, 3.63) is 76.5 Å². The number of para-hydroxylation sites is 1. The number of hydrogen-bond acceptors (Lipinski definition) is 1. The Labute approximate surface area is 134 Å². The van der Waals surface area contributed by atoms with Gasteiger partial charge in [-0.25, -0.2) is 0 Å². The van der Waals surface area contributed by atoms with E-state index in [1.54, 1.807) is 0 Å². The zero-order chi connectivity index (χ0) is 15.5. The van der Waals surface area contributed by atoms with Gasteiger partial charge >= 0.3 is 0 Å². The third-order valence-electron chi connectivity index (χ3n) is 4.82. The first-order valence-corrected chi connectivity index (χ1v) is 8.22. The molecule has 22 heavy (non-hydrogen) atoms. The van der Waals surface area contributed by atoms with Gasteiger partial charge in [0.25, 0.3) is 0 Å². The highest BCUT2D eigenvalue weighted by Gasteiger charge is 2.18. The van der Waals surface area contributed by atoms with E-state index in [0.29, 0.717) is 0 Å². The van der Waals surface area contributed by atoms with E-state index in [-0.39, 0.29) is 0 Å². The lowest BCUT2D eigenvalue weighted by atomic mass is 9.86. The molecule has 2 aliphatic rings. The minimum atomic E-state index is 1.12. The van der Waals surface area contributed by atoms with Gasteiger partial charge in [-0.2, -0.15) is 0 Å². The Morgan fingerprint density at radius 3 is 2.32 bits per heavy atom. The number of rotatable bonds is 3. The van der Waals surface area contributed by atoms with Gasteiger partial charge in [0.1, 0.15) is 0 Å². The van der Waals surface area contributed by atoms with E-state index in [0.717, 1.165) is 12.8 Å². The summed E-state index contributed by atoms with van der Waals surface area (Å²) in [5, 5.41) is 0. The van der Waals surface area contributed by atoms with Crippen LogP contribution in [-0.2, 0) is 0 Å². The van der Waals surface area contributed by atoms with Crippen LogP contribution in [0.5, 0.6) is 0 Å². The number of allylic oxidation sites excluding steroid dienone is 8. The quantitative estimate of drug-likeness (QED) is 0.682. The molecule has 1 nitrogen and oxygen atoms in total. The predicted molar refractivity (Wildman–Crippen MR) is 95.9 cm³/mol. The number of nitrogens with zero attached hydrogens (tertiary/aromatic N) is 1. The van der Waals surface area contributed by atoms with Gasteiger partial charge < -0.3 is 4.90 Å². The normalized spacial score (nSPS) is 18.6. The van der Waals surface area contributed by atoms with Crippen molar-refractivity contribution in [3.8, 4) is 0 Å². The van der Waals surface area contributed by atoms with Crippen LogP contribution in [0.15, 0.2) is 76.5 Å². The fraction of sp³-hybridized carbons (Fsp3) is 0.333. The maximum Gasteiger partial charge on any atom is 0.0405 e. The third-order valence-corrected chi connectivity index (χ3v) is 4.82. The van der Waals surface area contributed by atoms with E-state index in [1.807, 2.05) is 0 Å². The molecule has 1 heteroatoms. The molecule has 0 saturated carbocycles. The summed E-state index contributed by atoms with van der Waals surface area (Å²) in [6, 6.07) is 10.6. The van der Waals surface area contributed by atoms with Gasteiger partial charge in [-0.05, 0) is 68.9 Å². The molecule has 0 atom stereocenters. The molecular weight excluding hydrogens is 266 g/mol. The van der Waals surface area contributed by atoms with Crippen LogP contribution in [0.3, 0.4) is 0 Å². The molecule has 0 unspecified atom stereocenters. The zero-order valence-electron chi connectivity index (χ0n) is 13.9. The molecule has 0 N–H and O–H groups in total. The van der Waals surface area contributed by atoms with E-state index < -0.39 is 0 Å². The average molecular weight is 291 g/mol. The topological polar surface area (TPSA) is 3.24 Å². The number of hydrogen-bond donors (Lipinski definition) is 0. The molecule has 1 aromatic carbocycles. The average Bonchev–Trinajstić information content (AvgIpc) is 2.56. The SMILES string of the molecule is CC1=C(C2=C(C)CCC(N(C)c3ccccc3)=C2)C=CCC1. The van der Waals surface area contributed by atoms with Gasteiger partial charge in [-0.1, -0.05) is 41.5 Å². The first-order chi connectivity index (χ1) is 10.7. The molecular formula is C21H25N. The van der Waals surface area contributed by atoms with Gasteiger partial charge in [0.15, 0.2) is 0 Å². The summed E-state index contributed by atoms with van der Waals surface area (Å²) in [5.74, 6) is 0. The smallest absolute Gasteiger partial charge is 0.0405 e. The first kappa shape index (κ1) is 14.9. The van der Waals surface area contributed by atoms with E-state index >= 15 is 0 Å². The second-order valence-corrected chi connectivity index (χ2v) is 6.36. The highest BCUT2D eigenvalue weighted by Crippen LogP contribution is 2.35. The minimum Gasteiger partial charge on any atom is -0.348 e. The Balaban J connectivity index is 1.95. The minimum absolute atomic E-state index is 1.12. The summed E-state index contributed by atoms with van der Waals surface area (Å²) in [5.41, 5.74) is 8.60. The molecule has 0 amide bonds. The highest BCUT2D eigenvalue weighted by atomic mass is 15.1. The molecule has 3 rings (SSSR count). The van der Waals surface area contributed by atoms with E-state index in [9.17, 15) is 0 Å². The van der Waals surface area contributed by atoms with Crippen LogP contribution in [0.25, 0.3) is 0 Å². The molecule has 114 valence electrons. The molecule has 1 aromatic rings. The Hall–Kier alpha value is -2.02. The summed E-state index contributed by atoms with van der Waals surface area (Å²) < 4.78 is 0. The monoisotopic (exact) mass is 291 g/mol. The second-order valence-electron chi connectivity index (χ2n) is 6.36. The molecule has 2 aliphatic carbocycles. The van der Waals surface area contributed by atoms with Crippen LogP contribution in [0.1, 0.15) is 39.5 Å². The molecule has 0 aromatic heterocycles. The maximum absolute atomic E-state index is 2.40. The van der Waals surface area contributed by atoms with Crippen molar-refractivity contribution < 1.29 is 0 Å². The predicted octanol–water partition coefficient (Wildman–Crippen LogP) is 5.78. The maximum atomic E-state index is 2.40. The van der Waals surface area contributed by atoms with Gasteiger partial charge in [-0.3, -0.25) is 0 Å². The highest BCUT2D eigenvalue weighted by molar-refractivity contribution is 5.59. The summed E-state index contributed by atoms with van der Waals surface area (Å²) in [4.78, 5) is 2.33. The van der Waals surface area contributed by atoms with Gasteiger partial charge in [0, 0.05) is 18.4 Å². The van der Waals surface area contributed by atoms with Gasteiger partial charge in [0.05, 0.1) is 0 Å². The van der Waals surface area contributed by atoms with Crippen LogP contribution >= 0.6 is 0 Å². The van der Waals surface area contributed by atoms with Crippen LogP contribution < -0.4 is 4.90 Å². The second kappa shape index (κ2) is 6.39. The molecule has 0 saturated heterocycles. The molecule has 0 spiro atoms. The standard InChI is InChI=1S/C21H25N/c1-16-9-7-8-12-20(16)21-15-19(14-13-17(21)2)22(3)18-10-5-4-6-11-18/h4-6,8,10-12,15H,7,9,13-14H2,1-3H3. The van der Waals surface area contributed by atoms with Crippen LogP contribution in [-0.4, -0.2) is 7.05 Å². The van der Waals surface area contributed by atoms with Crippen molar-refractivity contribution in [2.45, 2.75) is 39.5 Å². The Morgan fingerprint density at radius 2 is 1.59 bits per heavy atom. The fourth-order valence-electron chi connectivity index (χ4n) is 3.30. The third kappa shape index (κ3) is 2.94. The lowest BCUT2D eigenvalue weighted by molar-refractivity contribution is 0.843. The largest absolute Gasteiger partial charge is 0.348 e. The van der Waals surface area contributed by atoms with E-state index in [4.69, 9.17) is 0 Å². The Bertz CT molecular complexity index is 671. The van der Waals surface area contributed by atoms with Crippen molar-refractivity contribution in [2.75, 3.05) is 11.9 Å². The number of benzene rings is 1. The molecule has 0 bridgehead atoms. The first-order valence-electron chi connectivity index (χ1n) is 8.22. The van der Waals surface area contributed by atoms with Crippen LogP contribution in [0, 0.1) is 0 Å². The Kier molecular flexibility index (Phi) is 4.33. The van der Waals surface area contributed by atoms with E-state index in [2.05, 4.69) is 74.4 Å². The molecule has 0 radical (unpaired) electrons. The summed E-state index contributed by atoms with van der Waals surface area (Å²) >= 11 is 0. The number of anilines is 1. The van der Waals surface area contributed by atoms with E-state index in [1.165, 1.54) is 46.5 Å². The van der Waals surface area contributed by atoms with Gasteiger partial charge in [0.2, 0.25) is 0 Å². The van der Waals surface area contributed by atoms with Crippen molar-refractivity contribution >= 4 is 5.69 Å². The molecule has 0 aliphatic heterocycles. The van der Waals surface area contributed by atoms with Crippen molar-refractivity contribution in [2.24, 2.45) is 0 Å². The lowest BCUT2D eigenvalue weighted by Gasteiger charge is -2.28. The summed E-state index contributed by atoms with van der Waals surface area (Å²) in [6.45, 7) is 4.57. The summed E-state index contributed by atoms with van der Waals surface area (Å²) in [6.07, 6.45) is 11.7. The summed E-state index contributed by atoms with van der Waals surface area (Å²) in [7, 11) is 2.18. The van der Waals surface area contributed by atoms with Crippen molar-refractivity contribution in [1.82, 2.24) is 0 Å². The Morgan fingerprint density at radius 1 is 0.864 bits per heavy atom. The van der Waals surface area contributed by atoms with Crippen molar-refractivity contribution in [3.63, 3.8) is 0 Å². The lowest BCUT2D eigenvalue weighted by Crippen LogP contribution is -2.19. The van der Waals surface area contributed by atoms with Gasteiger partial charge in [-0.15, -0.1) is 0 Å². The fourth-order valence-corrected chi connectivity index (χ4v) is 3.30. The molecule has 0 fully saturated rings.